The van der Waals surface area contributed by atoms with Gasteiger partial charge in [-0.1, -0.05) is 11.8 Å². The highest BCUT2D eigenvalue weighted by Gasteiger charge is 2.32. The summed E-state index contributed by atoms with van der Waals surface area (Å²) >= 11 is 1.18. The van der Waals surface area contributed by atoms with Crippen LogP contribution < -0.4 is 5.32 Å². The Morgan fingerprint density at radius 1 is 1.30 bits per heavy atom. The van der Waals surface area contributed by atoms with Crippen molar-refractivity contribution in [2.45, 2.75) is 19.3 Å². The summed E-state index contributed by atoms with van der Waals surface area (Å²) in [6.45, 7) is 0. The van der Waals surface area contributed by atoms with Crippen molar-refractivity contribution in [1.82, 2.24) is 0 Å². The monoisotopic (exact) mass is 337 g/mol. The van der Waals surface area contributed by atoms with Crippen molar-refractivity contribution in [3.8, 4) is 0 Å². The van der Waals surface area contributed by atoms with E-state index in [0.29, 0.717) is 5.04 Å². The van der Waals surface area contributed by atoms with E-state index in [9.17, 15) is 18.4 Å². The van der Waals surface area contributed by atoms with Crippen molar-refractivity contribution in [3.63, 3.8) is 0 Å². The maximum absolute atomic E-state index is 13.1. The lowest BCUT2D eigenvalue weighted by atomic mass is 10.1. The number of thioether (sulfide) groups is 1. The third-order valence-corrected chi connectivity index (χ3v) is 4.70. The van der Waals surface area contributed by atoms with Crippen molar-refractivity contribution in [3.05, 3.63) is 29.8 Å². The van der Waals surface area contributed by atoms with Gasteiger partial charge in [-0.3, -0.25) is 4.79 Å². The molecule has 0 saturated heterocycles. The Bertz CT molecular complexity index is 733. The van der Waals surface area contributed by atoms with Crippen LogP contribution in [-0.2, 0) is 4.79 Å². The Balaban J connectivity index is 1.58. The molecule has 5 nitrogen and oxygen atoms in total. The van der Waals surface area contributed by atoms with Crippen LogP contribution in [0.1, 0.15) is 19.3 Å². The molecule has 1 N–H and O–H groups in total. The second kappa shape index (κ2) is 6.57. The van der Waals surface area contributed by atoms with Crippen molar-refractivity contribution in [2.75, 3.05) is 11.1 Å². The van der Waals surface area contributed by atoms with Crippen LogP contribution in [0.5, 0.6) is 0 Å². The number of amides is 3. The van der Waals surface area contributed by atoms with E-state index in [4.69, 9.17) is 0 Å². The topological polar surface area (TPSA) is 70.9 Å². The van der Waals surface area contributed by atoms with Crippen molar-refractivity contribution >= 4 is 40.1 Å². The number of nitrogens with one attached hydrogen (secondary N) is 1. The molecule has 23 heavy (non-hydrogen) atoms. The van der Waals surface area contributed by atoms with E-state index in [1.807, 2.05) is 0 Å². The molecule has 1 aliphatic heterocycles. The van der Waals surface area contributed by atoms with Gasteiger partial charge in [0.25, 0.3) is 0 Å². The summed E-state index contributed by atoms with van der Waals surface area (Å²) in [4.78, 5) is 31.2. The van der Waals surface area contributed by atoms with Gasteiger partial charge in [0.2, 0.25) is 5.91 Å². The van der Waals surface area contributed by atoms with Crippen LogP contribution in [0, 0.1) is 17.6 Å². The molecule has 3 rings (SSSR count). The summed E-state index contributed by atoms with van der Waals surface area (Å²) in [5.41, 5.74) is 1.02. The number of urea groups is 1. The molecule has 1 heterocycles. The van der Waals surface area contributed by atoms with Crippen molar-refractivity contribution in [1.29, 1.82) is 0 Å². The number of benzene rings is 1. The van der Waals surface area contributed by atoms with Gasteiger partial charge in [-0.2, -0.15) is 4.99 Å². The number of carbonyl (C=O) groups is 2. The Morgan fingerprint density at radius 3 is 2.91 bits per heavy atom. The van der Waals surface area contributed by atoms with E-state index in [2.05, 4.69) is 15.3 Å². The predicted octanol–water partition coefficient (Wildman–Crippen LogP) is 3.41. The van der Waals surface area contributed by atoms with Crippen LogP contribution in [0.25, 0.3) is 0 Å². The first-order valence-corrected chi connectivity index (χ1v) is 8.09. The minimum Gasteiger partial charge on any atom is -0.325 e. The van der Waals surface area contributed by atoms with Crippen LogP contribution in [0.2, 0.25) is 0 Å². The molecule has 120 valence electrons. The largest absolute Gasteiger partial charge is 0.367 e. The minimum absolute atomic E-state index is 0.0359. The van der Waals surface area contributed by atoms with Crippen LogP contribution in [-0.4, -0.2) is 28.4 Å². The molecule has 3 amide bonds. The number of rotatable bonds is 3. The average Bonchev–Trinajstić information content (AvgIpc) is 2.97. The molecular weight excluding hydrogens is 324 g/mol. The van der Waals surface area contributed by atoms with Gasteiger partial charge >= 0.3 is 6.03 Å². The van der Waals surface area contributed by atoms with E-state index >= 15 is 0 Å². The highest BCUT2D eigenvalue weighted by atomic mass is 32.2. The first kappa shape index (κ1) is 15.8. The van der Waals surface area contributed by atoms with E-state index in [0.717, 1.165) is 37.1 Å². The molecule has 1 aromatic rings. The van der Waals surface area contributed by atoms with E-state index in [1.165, 1.54) is 17.8 Å². The van der Waals surface area contributed by atoms with Crippen LogP contribution in [0.15, 0.2) is 28.2 Å². The van der Waals surface area contributed by atoms with Crippen LogP contribution >= 0.6 is 11.8 Å². The van der Waals surface area contributed by atoms with E-state index < -0.39 is 17.7 Å². The zero-order valence-electron chi connectivity index (χ0n) is 12.0. The molecule has 0 radical (unpaired) electrons. The van der Waals surface area contributed by atoms with Crippen molar-refractivity contribution < 1.29 is 18.4 Å². The summed E-state index contributed by atoms with van der Waals surface area (Å²) in [6.07, 6.45) is 2.62. The number of hydrogen-bond donors (Lipinski definition) is 1. The summed E-state index contributed by atoms with van der Waals surface area (Å²) in [7, 11) is 0. The first-order valence-electron chi connectivity index (χ1n) is 7.10. The van der Waals surface area contributed by atoms with Crippen LogP contribution in [0.4, 0.5) is 19.3 Å². The summed E-state index contributed by atoms with van der Waals surface area (Å²) in [5.74, 6) is -2.30. The van der Waals surface area contributed by atoms with Gasteiger partial charge in [0.1, 0.15) is 0 Å². The molecule has 1 aromatic carbocycles. The maximum Gasteiger partial charge on any atom is 0.367 e. The number of carbonyl (C=O) groups excluding carboxylic acids is 2. The van der Waals surface area contributed by atoms with Gasteiger partial charge in [0.15, 0.2) is 11.6 Å². The van der Waals surface area contributed by atoms with Gasteiger partial charge in [0, 0.05) is 23.4 Å². The second-order valence-electron chi connectivity index (χ2n) is 5.25. The number of anilines is 1. The lowest BCUT2D eigenvalue weighted by Crippen LogP contribution is -2.24. The zero-order chi connectivity index (χ0) is 16.4. The van der Waals surface area contributed by atoms with Gasteiger partial charge in [-0.25, -0.2) is 18.6 Å². The molecule has 1 saturated carbocycles. The lowest BCUT2D eigenvalue weighted by Gasteiger charge is -2.16. The number of halogens is 2. The van der Waals surface area contributed by atoms with Crippen molar-refractivity contribution in [2.24, 2.45) is 15.9 Å². The molecule has 1 atom stereocenters. The molecule has 1 aliphatic carbocycles. The first-order chi connectivity index (χ1) is 11.0. The second-order valence-corrected chi connectivity index (χ2v) is 6.24. The molecule has 1 fully saturated rings. The average molecular weight is 337 g/mol. The third-order valence-electron chi connectivity index (χ3n) is 3.63. The lowest BCUT2D eigenvalue weighted by molar-refractivity contribution is -0.113. The summed E-state index contributed by atoms with van der Waals surface area (Å²) in [5, 5.41) is 3.09. The summed E-state index contributed by atoms with van der Waals surface area (Å²) in [6, 6.07) is 2.62. The number of aliphatic imine (C=N–C) groups is 2. The smallest absolute Gasteiger partial charge is 0.325 e. The van der Waals surface area contributed by atoms with E-state index in [1.54, 1.807) is 0 Å². The van der Waals surface area contributed by atoms with Gasteiger partial charge in [-0.15, -0.1) is 0 Å². The van der Waals surface area contributed by atoms with Gasteiger partial charge in [-0.05, 0) is 31.4 Å². The number of hydrogen-bond acceptors (Lipinski definition) is 3. The fraction of sp³-hybridized carbons (Fsp3) is 0.333. The van der Waals surface area contributed by atoms with Gasteiger partial charge < -0.3 is 5.32 Å². The normalized spacial score (nSPS) is 19.9. The Hall–Kier alpha value is -2.09. The third kappa shape index (κ3) is 3.64. The fourth-order valence-corrected chi connectivity index (χ4v) is 3.54. The zero-order valence-corrected chi connectivity index (χ0v) is 12.8. The molecule has 2 aliphatic rings. The Labute approximate surface area is 135 Å². The standard InChI is InChI=1S/C15H13F2N3O2S/c16-10-5-4-8(6-11(10)17)18-13(21)7-23-14-9-2-1-3-12(9)19-15(22)20-14/h4-6,9H,1-3,7H2,(H,18,21). The molecule has 8 heteroatoms. The Morgan fingerprint density at radius 2 is 2.13 bits per heavy atom. The highest BCUT2D eigenvalue weighted by Crippen LogP contribution is 2.31. The predicted molar refractivity (Wildman–Crippen MR) is 85.1 cm³/mol. The molecule has 0 bridgehead atoms. The van der Waals surface area contributed by atoms with Gasteiger partial charge in [0.05, 0.1) is 10.8 Å². The molecular formula is C15H13F2N3O2S. The quantitative estimate of drug-likeness (QED) is 0.919. The molecule has 0 aromatic heterocycles. The van der Waals surface area contributed by atoms with Crippen LogP contribution in [0.3, 0.4) is 0 Å². The maximum atomic E-state index is 13.1. The number of nitrogens with zero attached hydrogens (tertiary/aromatic N) is 2. The minimum atomic E-state index is -1.02. The van der Waals surface area contributed by atoms with E-state index in [-0.39, 0.29) is 23.3 Å². The fourth-order valence-electron chi connectivity index (χ4n) is 2.59. The molecule has 1 unspecified atom stereocenters. The molecule has 0 spiro atoms. The SMILES string of the molecule is O=C1N=C2CCCC2C(SCC(=O)Nc2ccc(F)c(F)c2)=N1. The Kier molecular flexibility index (Phi) is 4.51. The summed E-state index contributed by atoms with van der Waals surface area (Å²) < 4.78 is 25.9. The highest BCUT2D eigenvalue weighted by molar-refractivity contribution is 8.14. The number of fused-ring (bicyclic) bond motifs is 1.